The highest BCUT2D eigenvalue weighted by Crippen LogP contribution is 2.26. The Hall–Kier alpha value is -1.84. The van der Waals surface area contributed by atoms with Crippen molar-refractivity contribution in [2.45, 2.75) is 0 Å². The van der Waals surface area contributed by atoms with Crippen LogP contribution in [-0.4, -0.2) is 9.97 Å². The van der Waals surface area contributed by atoms with Crippen LogP contribution in [0.5, 0.6) is 0 Å². The van der Waals surface area contributed by atoms with Crippen LogP contribution in [0.3, 0.4) is 0 Å². The first kappa shape index (κ1) is 12.6. The highest BCUT2D eigenvalue weighted by atomic mass is 79.9. The molecule has 0 atom stereocenters. The molecule has 0 saturated heterocycles. The molecule has 0 aliphatic carbocycles. The smallest absolute Gasteiger partial charge is 0.224 e. The number of aromatic nitrogens is 2. The van der Waals surface area contributed by atoms with Crippen molar-refractivity contribution >= 4 is 44.7 Å². The zero-order valence-electron chi connectivity index (χ0n) is 8.98. The summed E-state index contributed by atoms with van der Waals surface area (Å²) in [5, 5.41) is 12.1. The molecule has 18 heavy (non-hydrogen) atoms. The quantitative estimate of drug-likeness (QED) is 0.829. The van der Waals surface area contributed by atoms with Gasteiger partial charge in [0.1, 0.15) is 6.07 Å². The number of nitrogens with zero attached hydrogens (tertiary/aromatic N) is 3. The molecule has 0 fully saturated rings. The third-order valence-corrected chi connectivity index (χ3v) is 2.82. The maximum atomic E-state index is 9.02. The lowest BCUT2D eigenvalue weighted by molar-refractivity contribution is 1.17. The summed E-state index contributed by atoms with van der Waals surface area (Å²) >= 11 is 9.03. The van der Waals surface area contributed by atoms with E-state index in [1.54, 1.807) is 18.2 Å². The Labute approximate surface area is 117 Å². The average Bonchev–Trinajstić information content (AvgIpc) is 2.34. The van der Waals surface area contributed by atoms with Gasteiger partial charge >= 0.3 is 0 Å². The van der Waals surface area contributed by atoms with Crippen LogP contribution in [0, 0.1) is 11.3 Å². The predicted octanol–water partition coefficient (Wildman–Crippen LogP) is 3.09. The van der Waals surface area contributed by atoms with Crippen molar-refractivity contribution in [1.29, 1.82) is 5.26 Å². The molecule has 7 heteroatoms. The number of benzene rings is 1. The molecule has 5 nitrogen and oxygen atoms in total. The van der Waals surface area contributed by atoms with Crippen molar-refractivity contribution in [3.05, 3.63) is 39.7 Å². The predicted molar refractivity (Wildman–Crippen MR) is 73.6 cm³/mol. The van der Waals surface area contributed by atoms with E-state index in [0.29, 0.717) is 22.8 Å². The van der Waals surface area contributed by atoms with Gasteiger partial charge in [-0.2, -0.15) is 10.2 Å². The molecule has 0 aliphatic rings. The summed E-state index contributed by atoms with van der Waals surface area (Å²) < 4.78 is 0.836. The van der Waals surface area contributed by atoms with Gasteiger partial charge < -0.3 is 11.1 Å². The summed E-state index contributed by atoms with van der Waals surface area (Å²) in [6.07, 6.45) is 1.40. The highest BCUT2D eigenvalue weighted by Gasteiger charge is 2.07. The minimum atomic E-state index is 0.0835. The number of hydrogen-bond acceptors (Lipinski definition) is 5. The third kappa shape index (κ3) is 2.70. The number of nitrogen functional groups attached to an aromatic ring is 1. The number of anilines is 3. The fourth-order valence-electron chi connectivity index (χ4n) is 1.31. The van der Waals surface area contributed by atoms with Crippen LogP contribution in [-0.2, 0) is 0 Å². The monoisotopic (exact) mass is 323 g/mol. The summed E-state index contributed by atoms with van der Waals surface area (Å²) in [7, 11) is 0. The fourth-order valence-corrected chi connectivity index (χ4v) is 1.81. The van der Waals surface area contributed by atoms with Gasteiger partial charge in [-0.15, -0.1) is 0 Å². The Bertz CT molecular complexity index is 638. The number of nitriles is 1. The van der Waals surface area contributed by atoms with Crippen LogP contribution in [0.4, 0.5) is 17.2 Å². The Kier molecular flexibility index (Phi) is 3.65. The number of hydrogen-bond donors (Lipinski definition) is 2. The Morgan fingerprint density at radius 3 is 2.94 bits per heavy atom. The minimum Gasteiger partial charge on any atom is -0.394 e. The van der Waals surface area contributed by atoms with E-state index < -0.39 is 0 Å². The van der Waals surface area contributed by atoms with E-state index in [1.807, 2.05) is 0 Å². The lowest BCUT2D eigenvalue weighted by Crippen LogP contribution is -2.02. The lowest BCUT2D eigenvalue weighted by atomic mass is 10.2. The van der Waals surface area contributed by atoms with Crippen molar-refractivity contribution in [3.63, 3.8) is 0 Å². The summed E-state index contributed by atoms with van der Waals surface area (Å²) in [6.45, 7) is 0. The Morgan fingerprint density at radius 2 is 2.22 bits per heavy atom. The molecule has 90 valence electrons. The van der Waals surface area contributed by atoms with Gasteiger partial charge in [0.2, 0.25) is 5.28 Å². The topological polar surface area (TPSA) is 87.6 Å². The third-order valence-electron chi connectivity index (χ3n) is 2.14. The zero-order chi connectivity index (χ0) is 13.1. The van der Waals surface area contributed by atoms with E-state index in [-0.39, 0.29) is 5.28 Å². The molecule has 0 radical (unpaired) electrons. The van der Waals surface area contributed by atoms with Gasteiger partial charge in [-0.3, -0.25) is 0 Å². The van der Waals surface area contributed by atoms with Crippen LogP contribution in [0.2, 0.25) is 5.28 Å². The van der Waals surface area contributed by atoms with Gasteiger partial charge in [-0.05, 0) is 29.8 Å². The van der Waals surface area contributed by atoms with Gasteiger partial charge in [0.15, 0.2) is 5.82 Å². The second-order valence-electron chi connectivity index (χ2n) is 3.37. The summed E-state index contributed by atoms with van der Waals surface area (Å²) in [6, 6.07) is 7.30. The largest absolute Gasteiger partial charge is 0.394 e. The first-order chi connectivity index (χ1) is 8.60. The highest BCUT2D eigenvalue weighted by molar-refractivity contribution is 9.10. The second-order valence-corrected chi connectivity index (χ2v) is 4.62. The molecule has 0 bridgehead atoms. The van der Waals surface area contributed by atoms with Gasteiger partial charge in [-0.1, -0.05) is 15.9 Å². The molecule has 2 aromatic rings. The van der Waals surface area contributed by atoms with E-state index >= 15 is 0 Å². The van der Waals surface area contributed by atoms with Crippen molar-refractivity contribution in [2.24, 2.45) is 0 Å². The molecule has 0 unspecified atom stereocenters. The van der Waals surface area contributed by atoms with Gasteiger partial charge in [0, 0.05) is 4.47 Å². The molecule has 2 rings (SSSR count). The van der Waals surface area contributed by atoms with E-state index in [1.165, 1.54) is 6.20 Å². The molecule has 3 N–H and O–H groups in total. The first-order valence-electron chi connectivity index (χ1n) is 4.85. The van der Waals surface area contributed by atoms with E-state index in [9.17, 15) is 0 Å². The van der Waals surface area contributed by atoms with Crippen LogP contribution in [0.1, 0.15) is 5.56 Å². The molecule has 0 aliphatic heterocycles. The zero-order valence-corrected chi connectivity index (χ0v) is 11.3. The van der Waals surface area contributed by atoms with Crippen LogP contribution in [0.25, 0.3) is 0 Å². The van der Waals surface area contributed by atoms with Crippen molar-refractivity contribution in [2.75, 3.05) is 11.1 Å². The number of nitrogens with two attached hydrogens (primary N) is 1. The van der Waals surface area contributed by atoms with Crippen LogP contribution in [0.15, 0.2) is 28.9 Å². The Balaban J connectivity index is 2.43. The molecule has 0 spiro atoms. The normalized spacial score (nSPS) is 9.83. The summed E-state index contributed by atoms with van der Waals surface area (Å²) in [4.78, 5) is 7.72. The van der Waals surface area contributed by atoms with Gasteiger partial charge in [0.25, 0.3) is 0 Å². The van der Waals surface area contributed by atoms with E-state index in [2.05, 4.69) is 37.3 Å². The number of rotatable bonds is 2. The summed E-state index contributed by atoms with van der Waals surface area (Å²) in [5.74, 6) is 0.365. The van der Waals surface area contributed by atoms with Crippen molar-refractivity contribution in [3.8, 4) is 6.07 Å². The number of nitrogens with one attached hydrogen (secondary N) is 1. The second kappa shape index (κ2) is 5.21. The Morgan fingerprint density at radius 1 is 1.44 bits per heavy atom. The first-order valence-corrected chi connectivity index (χ1v) is 6.02. The van der Waals surface area contributed by atoms with Gasteiger partial charge in [0.05, 0.1) is 23.1 Å². The van der Waals surface area contributed by atoms with Crippen LogP contribution < -0.4 is 11.1 Å². The lowest BCUT2D eigenvalue weighted by Gasteiger charge is -2.09. The SMILES string of the molecule is N#Cc1ccc(Br)cc1Nc1nc(Cl)ncc1N. The molecule has 1 aromatic heterocycles. The molecule has 1 heterocycles. The van der Waals surface area contributed by atoms with Crippen molar-refractivity contribution in [1.82, 2.24) is 9.97 Å². The molecular weight excluding hydrogens is 318 g/mol. The van der Waals surface area contributed by atoms with Crippen molar-refractivity contribution < 1.29 is 0 Å². The fraction of sp³-hybridized carbons (Fsp3) is 0. The molecular formula is C11H7BrClN5. The minimum absolute atomic E-state index is 0.0835. The van der Waals surface area contributed by atoms with E-state index in [4.69, 9.17) is 22.6 Å². The van der Waals surface area contributed by atoms with E-state index in [0.717, 1.165) is 4.47 Å². The molecule has 0 saturated carbocycles. The maximum absolute atomic E-state index is 9.02. The molecule has 0 amide bonds. The number of halogens is 2. The van der Waals surface area contributed by atoms with Crippen LogP contribution >= 0.6 is 27.5 Å². The maximum Gasteiger partial charge on any atom is 0.224 e. The average molecular weight is 325 g/mol. The summed E-state index contributed by atoms with van der Waals surface area (Å²) in [5.41, 5.74) is 7.15. The van der Waals surface area contributed by atoms with Gasteiger partial charge in [-0.25, -0.2) is 4.98 Å². The standard InChI is InChI=1S/C11H7BrClN5/c12-7-2-1-6(4-14)9(3-7)17-10-8(15)5-16-11(13)18-10/h1-3,5H,15H2,(H,16,17,18). The molecule has 1 aromatic carbocycles.